The Bertz CT molecular complexity index is 406. The number of fused-ring (bicyclic) bond motifs is 1. The Morgan fingerprint density at radius 3 is 3.00 bits per heavy atom. The highest BCUT2D eigenvalue weighted by Gasteiger charge is 2.16. The highest BCUT2D eigenvalue weighted by Crippen LogP contribution is 2.32. The summed E-state index contributed by atoms with van der Waals surface area (Å²) >= 11 is 0. The predicted molar refractivity (Wildman–Crippen MR) is 58.5 cm³/mol. The van der Waals surface area contributed by atoms with Crippen LogP contribution in [0.15, 0.2) is 18.2 Å². The van der Waals surface area contributed by atoms with Gasteiger partial charge in [0.05, 0.1) is 0 Å². The Balaban J connectivity index is 2.12. The van der Waals surface area contributed by atoms with Crippen LogP contribution in [-0.4, -0.2) is 25.3 Å². The number of hydrogen-bond acceptors (Lipinski definition) is 4. The largest absolute Gasteiger partial charge is 0.454 e. The van der Waals surface area contributed by atoms with E-state index in [9.17, 15) is 4.79 Å². The first-order valence-corrected chi connectivity index (χ1v) is 5.11. The summed E-state index contributed by atoms with van der Waals surface area (Å²) < 4.78 is 10.4. The number of ether oxygens (including phenoxy) is 2. The van der Waals surface area contributed by atoms with Crippen molar-refractivity contribution in [1.29, 1.82) is 0 Å². The third kappa shape index (κ3) is 2.09. The lowest BCUT2D eigenvalue weighted by molar-refractivity contribution is 0.0941. The Morgan fingerprint density at radius 1 is 1.50 bits per heavy atom. The Hall–Kier alpha value is -1.75. The quantitative estimate of drug-likeness (QED) is 0.780. The molecule has 0 saturated heterocycles. The fraction of sp³-hybridized carbons (Fsp3) is 0.364. The maximum absolute atomic E-state index is 11.8. The third-order valence-electron chi connectivity index (χ3n) is 2.37. The van der Waals surface area contributed by atoms with Crippen molar-refractivity contribution in [1.82, 2.24) is 5.32 Å². The van der Waals surface area contributed by atoms with Crippen LogP contribution in [0.2, 0.25) is 0 Å². The Kier molecular flexibility index (Phi) is 2.96. The van der Waals surface area contributed by atoms with E-state index in [1.165, 1.54) is 0 Å². The standard InChI is InChI=1S/C11H14N2O3/c1-7(5-12)13-11(14)8-2-3-9-10(4-8)16-6-15-9/h2-4,7H,5-6,12H2,1H3,(H,13,14)/t7-/m1/s1. The topological polar surface area (TPSA) is 73.6 Å². The molecule has 16 heavy (non-hydrogen) atoms. The molecular weight excluding hydrogens is 208 g/mol. The lowest BCUT2D eigenvalue weighted by Gasteiger charge is -2.11. The van der Waals surface area contributed by atoms with Crippen LogP contribution in [-0.2, 0) is 0 Å². The van der Waals surface area contributed by atoms with Gasteiger partial charge < -0.3 is 20.5 Å². The summed E-state index contributed by atoms with van der Waals surface area (Å²) in [5.41, 5.74) is 5.98. The highest BCUT2D eigenvalue weighted by atomic mass is 16.7. The van der Waals surface area contributed by atoms with E-state index >= 15 is 0 Å². The van der Waals surface area contributed by atoms with Crippen LogP contribution < -0.4 is 20.5 Å². The molecule has 0 saturated carbocycles. The molecule has 1 heterocycles. The van der Waals surface area contributed by atoms with Crippen molar-refractivity contribution >= 4 is 5.91 Å². The second-order valence-electron chi connectivity index (χ2n) is 3.68. The number of carbonyl (C=O) groups is 1. The first-order valence-electron chi connectivity index (χ1n) is 5.11. The van der Waals surface area contributed by atoms with E-state index in [4.69, 9.17) is 15.2 Å². The molecule has 1 aromatic rings. The number of amides is 1. The van der Waals surface area contributed by atoms with Crippen molar-refractivity contribution in [2.24, 2.45) is 5.73 Å². The van der Waals surface area contributed by atoms with Crippen molar-refractivity contribution in [2.45, 2.75) is 13.0 Å². The van der Waals surface area contributed by atoms with Crippen molar-refractivity contribution in [3.05, 3.63) is 23.8 Å². The molecular formula is C11H14N2O3. The fourth-order valence-corrected chi connectivity index (χ4v) is 1.40. The molecule has 0 aliphatic carbocycles. The minimum atomic E-state index is -0.156. The van der Waals surface area contributed by atoms with Gasteiger partial charge in [0.15, 0.2) is 11.5 Å². The molecule has 1 atom stereocenters. The molecule has 5 heteroatoms. The average molecular weight is 222 g/mol. The van der Waals surface area contributed by atoms with Gasteiger partial charge in [-0.25, -0.2) is 0 Å². The van der Waals surface area contributed by atoms with Gasteiger partial charge in [0.1, 0.15) is 0 Å². The number of carbonyl (C=O) groups excluding carboxylic acids is 1. The predicted octanol–water partition coefficient (Wildman–Crippen LogP) is 0.492. The fourth-order valence-electron chi connectivity index (χ4n) is 1.40. The maximum Gasteiger partial charge on any atom is 0.251 e. The molecule has 86 valence electrons. The van der Waals surface area contributed by atoms with Gasteiger partial charge in [0.2, 0.25) is 6.79 Å². The van der Waals surface area contributed by atoms with Crippen LogP contribution in [0.25, 0.3) is 0 Å². The van der Waals surface area contributed by atoms with Gasteiger partial charge in [-0.2, -0.15) is 0 Å². The van der Waals surface area contributed by atoms with E-state index in [0.717, 1.165) is 0 Å². The van der Waals surface area contributed by atoms with E-state index in [2.05, 4.69) is 5.32 Å². The van der Waals surface area contributed by atoms with E-state index in [0.29, 0.717) is 23.6 Å². The zero-order valence-corrected chi connectivity index (χ0v) is 9.03. The van der Waals surface area contributed by atoms with Gasteiger partial charge >= 0.3 is 0 Å². The van der Waals surface area contributed by atoms with E-state index in [1.807, 2.05) is 6.92 Å². The molecule has 3 N–H and O–H groups in total. The number of benzene rings is 1. The summed E-state index contributed by atoms with van der Waals surface area (Å²) in [4.78, 5) is 11.8. The molecule has 0 bridgehead atoms. The molecule has 0 aromatic heterocycles. The number of rotatable bonds is 3. The molecule has 0 radical (unpaired) electrons. The van der Waals surface area contributed by atoms with Gasteiger partial charge in [0, 0.05) is 18.2 Å². The van der Waals surface area contributed by atoms with Gasteiger partial charge in [-0.05, 0) is 25.1 Å². The van der Waals surface area contributed by atoms with Crippen LogP contribution in [0, 0.1) is 0 Å². The zero-order chi connectivity index (χ0) is 11.5. The molecule has 1 aliphatic rings. The van der Waals surface area contributed by atoms with E-state index in [-0.39, 0.29) is 18.7 Å². The third-order valence-corrected chi connectivity index (χ3v) is 2.37. The highest BCUT2D eigenvalue weighted by molar-refractivity contribution is 5.95. The van der Waals surface area contributed by atoms with Crippen molar-refractivity contribution in [3.63, 3.8) is 0 Å². The van der Waals surface area contributed by atoms with Crippen molar-refractivity contribution in [2.75, 3.05) is 13.3 Å². The van der Waals surface area contributed by atoms with Crippen LogP contribution >= 0.6 is 0 Å². The molecule has 1 amide bonds. The zero-order valence-electron chi connectivity index (χ0n) is 9.03. The van der Waals surface area contributed by atoms with Crippen molar-refractivity contribution < 1.29 is 14.3 Å². The number of hydrogen-bond donors (Lipinski definition) is 2. The minimum absolute atomic E-state index is 0.0436. The second kappa shape index (κ2) is 4.40. The first kappa shape index (κ1) is 10.8. The monoisotopic (exact) mass is 222 g/mol. The summed E-state index contributed by atoms with van der Waals surface area (Å²) in [6.45, 7) is 2.47. The van der Waals surface area contributed by atoms with Crippen LogP contribution in [0.3, 0.4) is 0 Å². The summed E-state index contributed by atoms with van der Waals surface area (Å²) in [6.07, 6.45) is 0. The summed E-state index contributed by atoms with van der Waals surface area (Å²) in [5.74, 6) is 1.12. The summed E-state index contributed by atoms with van der Waals surface area (Å²) in [5, 5.41) is 2.78. The smallest absolute Gasteiger partial charge is 0.251 e. The SMILES string of the molecule is C[C@H](CN)NC(=O)c1ccc2c(c1)OCO2. The normalized spacial score (nSPS) is 14.6. The summed E-state index contributed by atoms with van der Waals surface area (Å²) in [7, 11) is 0. The van der Waals surface area contributed by atoms with Crippen LogP contribution in [0.4, 0.5) is 0 Å². The van der Waals surface area contributed by atoms with Crippen molar-refractivity contribution in [3.8, 4) is 11.5 Å². The maximum atomic E-state index is 11.8. The van der Waals surface area contributed by atoms with E-state index < -0.39 is 0 Å². The summed E-state index contributed by atoms with van der Waals surface area (Å²) in [6, 6.07) is 5.05. The Morgan fingerprint density at radius 2 is 2.25 bits per heavy atom. The van der Waals surface area contributed by atoms with Crippen LogP contribution in [0.1, 0.15) is 17.3 Å². The number of nitrogens with one attached hydrogen (secondary N) is 1. The molecule has 2 rings (SSSR count). The first-order chi connectivity index (χ1) is 7.70. The van der Waals surface area contributed by atoms with Gasteiger partial charge in [-0.1, -0.05) is 0 Å². The minimum Gasteiger partial charge on any atom is -0.454 e. The second-order valence-corrected chi connectivity index (χ2v) is 3.68. The molecule has 5 nitrogen and oxygen atoms in total. The molecule has 0 unspecified atom stereocenters. The van der Waals surface area contributed by atoms with Gasteiger partial charge in [-0.3, -0.25) is 4.79 Å². The molecule has 0 spiro atoms. The molecule has 0 fully saturated rings. The lowest BCUT2D eigenvalue weighted by Crippen LogP contribution is -2.37. The van der Waals surface area contributed by atoms with Gasteiger partial charge in [-0.15, -0.1) is 0 Å². The molecule has 1 aromatic carbocycles. The Labute approximate surface area is 93.5 Å². The average Bonchev–Trinajstić information content (AvgIpc) is 2.75. The van der Waals surface area contributed by atoms with Crippen LogP contribution in [0.5, 0.6) is 11.5 Å². The molecule has 1 aliphatic heterocycles. The van der Waals surface area contributed by atoms with Gasteiger partial charge in [0.25, 0.3) is 5.91 Å². The number of nitrogens with two attached hydrogens (primary N) is 1. The van der Waals surface area contributed by atoms with E-state index in [1.54, 1.807) is 18.2 Å². The lowest BCUT2D eigenvalue weighted by atomic mass is 10.2.